The highest BCUT2D eigenvalue weighted by Gasteiger charge is 2.39. The van der Waals surface area contributed by atoms with E-state index in [4.69, 9.17) is 4.74 Å². The van der Waals surface area contributed by atoms with E-state index in [0.717, 1.165) is 0 Å². The average molecular weight is 185 g/mol. The fourth-order valence-electron chi connectivity index (χ4n) is 2.19. The van der Waals surface area contributed by atoms with Gasteiger partial charge in [-0.25, -0.2) is 0 Å². The fourth-order valence-corrected chi connectivity index (χ4v) is 2.19. The molecule has 0 radical (unpaired) electrons. The summed E-state index contributed by atoms with van der Waals surface area (Å²) in [6, 6.07) is 0. The molecule has 1 fully saturated rings. The van der Waals surface area contributed by atoms with Crippen LogP contribution in [0.15, 0.2) is 0 Å². The van der Waals surface area contributed by atoms with E-state index in [1.807, 2.05) is 0 Å². The quantitative estimate of drug-likeness (QED) is 0.669. The maximum absolute atomic E-state index is 5.87. The molecule has 0 aromatic carbocycles. The predicted molar refractivity (Wildman–Crippen MR) is 56.0 cm³/mol. The zero-order valence-corrected chi connectivity index (χ0v) is 9.63. The molecule has 0 spiro atoms. The molecule has 1 aliphatic rings. The Morgan fingerprint density at radius 1 is 1.31 bits per heavy atom. The summed E-state index contributed by atoms with van der Waals surface area (Å²) in [5.41, 5.74) is 0.254. The lowest BCUT2D eigenvalue weighted by Crippen LogP contribution is -2.49. The zero-order valence-electron chi connectivity index (χ0n) is 9.63. The number of hydrogen-bond donors (Lipinski definition) is 0. The van der Waals surface area contributed by atoms with Gasteiger partial charge in [0.15, 0.2) is 0 Å². The van der Waals surface area contributed by atoms with Gasteiger partial charge in [0.25, 0.3) is 0 Å². The lowest BCUT2D eigenvalue weighted by atomic mass is 9.93. The van der Waals surface area contributed by atoms with E-state index in [1.54, 1.807) is 0 Å². The van der Waals surface area contributed by atoms with Crippen molar-refractivity contribution in [2.24, 2.45) is 0 Å². The first kappa shape index (κ1) is 11.0. The van der Waals surface area contributed by atoms with E-state index in [-0.39, 0.29) is 5.54 Å². The molecule has 0 N–H and O–H groups in total. The van der Waals surface area contributed by atoms with Crippen molar-refractivity contribution in [1.29, 1.82) is 0 Å². The van der Waals surface area contributed by atoms with Crippen molar-refractivity contribution in [3.8, 4) is 0 Å². The summed E-state index contributed by atoms with van der Waals surface area (Å²) in [4.78, 5) is 2.43. The van der Waals surface area contributed by atoms with E-state index < -0.39 is 0 Å². The second-order valence-electron chi connectivity index (χ2n) is 4.71. The molecule has 0 aliphatic carbocycles. The standard InChI is InChI=1S/C11H23NO/c1-9(2)13-10(3)11(4)7-6-8-12(11)5/h9-10H,6-8H2,1-5H3. The van der Waals surface area contributed by atoms with E-state index in [0.29, 0.717) is 12.2 Å². The van der Waals surface area contributed by atoms with Crippen molar-refractivity contribution in [2.75, 3.05) is 13.6 Å². The van der Waals surface area contributed by atoms with Crippen molar-refractivity contribution in [3.63, 3.8) is 0 Å². The Bertz CT molecular complexity index is 169. The maximum Gasteiger partial charge on any atom is 0.0731 e. The van der Waals surface area contributed by atoms with Crippen LogP contribution in [-0.4, -0.2) is 36.2 Å². The van der Waals surface area contributed by atoms with Crippen molar-refractivity contribution in [1.82, 2.24) is 4.90 Å². The number of hydrogen-bond acceptors (Lipinski definition) is 2. The number of nitrogens with zero attached hydrogens (tertiary/aromatic N) is 1. The molecule has 0 aromatic heterocycles. The van der Waals surface area contributed by atoms with Crippen LogP contribution in [0.1, 0.15) is 40.5 Å². The smallest absolute Gasteiger partial charge is 0.0731 e. The molecular formula is C11H23NO. The fraction of sp³-hybridized carbons (Fsp3) is 1.00. The Morgan fingerprint density at radius 3 is 2.31 bits per heavy atom. The molecule has 0 amide bonds. The zero-order chi connectivity index (χ0) is 10.1. The van der Waals surface area contributed by atoms with Crippen LogP contribution in [0.5, 0.6) is 0 Å². The van der Waals surface area contributed by atoms with Crippen molar-refractivity contribution in [2.45, 2.75) is 58.3 Å². The summed E-state index contributed by atoms with van der Waals surface area (Å²) in [5.74, 6) is 0. The van der Waals surface area contributed by atoms with Gasteiger partial charge in [0.2, 0.25) is 0 Å². The molecule has 0 saturated carbocycles. The summed E-state index contributed by atoms with van der Waals surface area (Å²) in [5, 5.41) is 0. The molecule has 2 atom stereocenters. The van der Waals surface area contributed by atoms with Gasteiger partial charge in [0.1, 0.15) is 0 Å². The molecule has 2 heteroatoms. The van der Waals surface area contributed by atoms with Gasteiger partial charge in [-0.3, -0.25) is 4.90 Å². The minimum atomic E-state index is 0.254. The van der Waals surface area contributed by atoms with Crippen LogP contribution in [0, 0.1) is 0 Å². The lowest BCUT2D eigenvalue weighted by molar-refractivity contribution is -0.0593. The molecule has 13 heavy (non-hydrogen) atoms. The molecule has 1 rings (SSSR count). The Kier molecular flexibility index (Phi) is 3.36. The Hall–Kier alpha value is -0.0800. The van der Waals surface area contributed by atoms with Gasteiger partial charge in [-0.2, -0.15) is 0 Å². The highest BCUT2D eigenvalue weighted by Crippen LogP contribution is 2.32. The number of rotatable bonds is 3. The molecule has 2 nitrogen and oxygen atoms in total. The van der Waals surface area contributed by atoms with Gasteiger partial charge in [0.05, 0.1) is 12.2 Å². The summed E-state index contributed by atoms with van der Waals surface area (Å²) in [6.45, 7) is 9.93. The third kappa shape index (κ3) is 2.23. The van der Waals surface area contributed by atoms with Crippen LogP contribution in [0.2, 0.25) is 0 Å². The van der Waals surface area contributed by atoms with Crippen molar-refractivity contribution >= 4 is 0 Å². The predicted octanol–water partition coefficient (Wildman–Crippen LogP) is 2.28. The minimum absolute atomic E-state index is 0.254. The monoisotopic (exact) mass is 185 g/mol. The van der Waals surface area contributed by atoms with Crippen LogP contribution in [0.3, 0.4) is 0 Å². The molecule has 0 bridgehead atoms. The van der Waals surface area contributed by atoms with Gasteiger partial charge in [-0.15, -0.1) is 0 Å². The number of likely N-dealkylation sites (tertiary alicyclic amines) is 1. The molecule has 0 aromatic rings. The third-order valence-electron chi connectivity index (χ3n) is 3.40. The van der Waals surface area contributed by atoms with Crippen LogP contribution in [-0.2, 0) is 4.74 Å². The Morgan fingerprint density at radius 2 is 1.92 bits per heavy atom. The van der Waals surface area contributed by atoms with E-state index in [2.05, 4.69) is 39.6 Å². The Labute approximate surface area is 82.3 Å². The van der Waals surface area contributed by atoms with Crippen LogP contribution in [0.25, 0.3) is 0 Å². The highest BCUT2D eigenvalue weighted by atomic mass is 16.5. The van der Waals surface area contributed by atoms with E-state index in [1.165, 1.54) is 19.4 Å². The minimum Gasteiger partial charge on any atom is -0.374 e. The van der Waals surface area contributed by atoms with E-state index >= 15 is 0 Å². The van der Waals surface area contributed by atoms with Gasteiger partial charge in [-0.1, -0.05) is 0 Å². The van der Waals surface area contributed by atoms with Crippen LogP contribution < -0.4 is 0 Å². The van der Waals surface area contributed by atoms with Gasteiger partial charge in [-0.05, 0) is 54.1 Å². The second-order valence-corrected chi connectivity index (χ2v) is 4.71. The molecular weight excluding hydrogens is 162 g/mol. The first-order valence-electron chi connectivity index (χ1n) is 5.33. The molecule has 1 saturated heterocycles. The molecule has 2 unspecified atom stereocenters. The SMILES string of the molecule is CC(C)OC(C)C1(C)CCCN1C. The average Bonchev–Trinajstić information content (AvgIpc) is 2.32. The normalized spacial score (nSPS) is 32.8. The molecule has 1 aliphatic heterocycles. The van der Waals surface area contributed by atoms with Crippen LogP contribution >= 0.6 is 0 Å². The number of ether oxygens (including phenoxy) is 1. The van der Waals surface area contributed by atoms with Gasteiger partial charge >= 0.3 is 0 Å². The summed E-state index contributed by atoms with van der Waals surface area (Å²) in [7, 11) is 2.20. The first-order chi connectivity index (χ1) is 5.97. The largest absolute Gasteiger partial charge is 0.374 e. The highest BCUT2D eigenvalue weighted by molar-refractivity contribution is 4.95. The molecule has 1 heterocycles. The summed E-state index contributed by atoms with van der Waals surface area (Å²) in [6.07, 6.45) is 3.23. The molecule has 78 valence electrons. The third-order valence-corrected chi connectivity index (χ3v) is 3.40. The topological polar surface area (TPSA) is 12.5 Å². The Balaban J connectivity index is 2.57. The number of likely N-dealkylation sites (N-methyl/N-ethyl adjacent to an activating group) is 1. The van der Waals surface area contributed by atoms with E-state index in [9.17, 15) is 0 Å². The van der Waals surface area contributed by atoms with Crippen molar-refractivity contribution in [3.05, 3.63) is 0 Å². The summed E-state index contributed by atoms with van der Waals surface area (Å²) < 4.78 is 5.87. The maximum atomic E-state index is 5.87. The van der Waals surface area contributed by atoms with Gasteiger partial charge < -0.3 is 4.74 Å². The van der Waals surface area contributed by atoms with Crippen molar-refractivity contribution < 1.29 is 4.74 Å². The summed E-state index contributed by atoms with van der Waals surface area (Å²) >= 11 is 0. The van der Waals surface area contributed by atoms with Crippen LogP contribution in [0.4, 0.5) is 0 Å². The lowest BCUT2D eigenvalue weighted by Gasteiger charge is -2.38. The first-order valence-corrected chi connectivity index (χ1v) is 5.33. The van der Waals surface area contributed by atoms with Gasteiger partial charge in [0, 0.05) is 5.54 Å². The second kappa shape index (κ2) is 3.97.